The van der Waals surface area contributed by atoms with Crippen LogP contribution in [0, 0.1) is 0 Å². The lowest BCUT2D eigenvalue weighted by Gasteiger charge is -2.10. The Labute approximate surface area is 124 Å². The summed E-state index contributed by atoms with van der Waals surface area (Å²) < 4.78 is 45.7. The van der Waals surface area contributed by atoms with E-state index in [-0.39, 0.29) is 18.1 Å². The summed E-state index contributed by atoms with van der Waals surface area (Å²) >= 11 is 0. The molecule has 1 aromatic heterocycles. The van der Waals surface area contributed by atoms with Crippen LogP contribution in [0.4, 0.5) is 18.9 Å². The van der Waals surface area contributed by atoms with E-state index < -0.39 is 12.8 Å². The molecule has 0 radical (unpaired) electrons. The number of amides is 1. The largest absolute Gasteiger partial charge is 0.484 e. The van der Waals surface area contributed by atoms with Gasteiger partial charge in [0.05, 0.1) is 6.26 Å². The van der Waals surface area contributed by atoms with Crippen molar-refractivity contribution in [2.24, 2.45) is 0 Å². The number of rotatable bonds is 6. The SMILES string of the molecule is O=C(CCc1ccco1)Nc1ccc(OCC(F)(F)F)cc1. The maximum Gasteiger partial charge on any atom is 0.422 e. The molecule has 0 unspecified atom stereocenters. The van der Waals surface area contributed by atoms with Crippen molar-refractivity contribution in [3.63, 3.8) is 0 Å². The van der Waals surface area contributed by atoms with Crippen molar-refractivity contribution in [3.8, 4) is 5.75 Å². The van der Waals surface area contributed by atoms with Gasteiger partial charge in [0.1, 0.15) is 11.5 Å². The number of carbonyl (C=O) groups is 1. The first kappa shape index (κ1) is 15.9. The van der Waals surface area contributed by atoms with Crippen LogP contribution in [0.2, 0.25) is 0 Å². The molecule has 0 bridgehead atoms. The van der Waals surface area contributed by atoms with E-state index in [0.29, 0.717) is 17.9 Å². The van der Waals surface area contributed by atoms with E-state index in [4.69, 9.17) is 4.42 Å². The monoisotopic (exact) mass is 313 g/mol. The molecule has 1 amide bonds. The van der Waals surface area contributed by atoms with Crippen LogP contribution in [0.1, 0.15) is 12.2 Å². The van der Waals surface area contributed by atoms with Gasteiger partial charge in [0, 0.05) is 18.5 Å². The fraction of sp³-hybridized carbons (Fsp3) is 0.267. The minimum absolute atomic E-state index is 0.0888. The molecule has 22 heavy (non-hydrogen) atoms. The van der Waals surface area contributed by atoms with Crippen LogP contribution in [-0.4, -0.2) is 18.7 Å². The third-order valence-electron chi connectivity index (χ3n) is 2.72. The zero-order valence-electron chi connectivity index (χ0n) is 11.5. The summed E-state index contributed by atoms with van der Waals surface area (Å²) in [6, 6.07) is 9.22. The van der Waals surface area contributed by atoms with Crippen LogP contribution >= 0.6 is 0 Å². The van der Waals surface area contributed by atoms with Gasteiger partial charge in [-0.05, 0) is 36.4 Å². The number of ether oxygens (including phenoxy) is 1. The number of anilines is 1. The summed E-state index contributed by atoms with van der Waals surface area (Å²) in [6.07, 6.45) is -2.11. The van der Waals surface area contributed by atoms with Crippen molar-refractivity contribution >= 4 is 11.6 Å². The first-order valence-corrected chi connectivity index (χ1v) is 6.54. The molecule has 0 aliphatic heterocycles. The molecule has 2 aromatic rings. The molecule has 118 valence electrons. The number of carbonyl (C=O) groups excluding carboxylic acids is 1. The van der Waals surface area contributed by atoms with Gasteiger partial charge in [0.15, 0.2) is 6.61 Å². The highest BCUT2D eigenvalue weighted by atomic mass is 19.4. The molecule has 1 N–H and O–H groups in total. The molecule has 0 fully saturated rings. The van der Waals surface area contributed by atoms with Crippen molar-refractivity contribution < 1.29 is 27.1 Å². The Morgan fingerprint density at radius 2 is 1.91 bits per heavy atom. The predicted molar refractivity (Wildman–Crippen MR) is 73.7 cm³/mol. The van der Waals surface area contributed by atoms with Crippen LogP contribution in [0.25, 0.3) is 0 Å². The highest BCUT2D eigenvalue weighted by molar-refractivity contribution is 5.90. The molecular weight excluding hydrogens is 299 g/mol. The summed E-state index contributed by atoms with van der Waals surface area (Å²) in [4.78, 5) is 11.7. The Morgan fingerprint density at radius 3 is 2.50 bits per heavy atom. The van der Waals surface area contributed by atoms with Crippen LogP contribution in [0.5, 0.6) is 5.75 Å². The Hall–Kier alpha value is -2.44. The molecular formula is C15H14F3NO3. The molecule has 0 atom stereocenters. The first-order valence-electron chi connectivity index (χ1n) is 6.54. The Kier molecular flexibility index (Phi) is 5.08. The zero-order valence-corrected chi connectivity index (χ0v) is 11.5. The van der Waals surface area contributed by atoms with E-state index in [0.717, 1.165) is 0 Å². The van der Waals surface area contributed by atoms with E-state index in [9.17, 15) is 18.0 Å². The van der Waals surface area contributed by atoms with Crippen LogP contribution in [0.3, 0.4) is 0 Å². The standard InChI is InChI=1S/C15H14F3NO3/c16-15(17,18)10-22-13-5-3-11(4-6-13)19-14(20)8-7-12-2-1-9-21-12/h1-6,9H,7-8,10H2,(H,19,20). The lowest BCUT2D eigenvalue weighted by Crippen LogP contribution is -2.19. The van der Waals surface area contributed by atoms with Gasteiger partial charge in [0.25, 0.3) is 0 Å². The van der Waals surface area contributed by atoms with Crippen LogP contribution in [-0.2, 0) is 11.2 Å². The van der Waals surface area contributed by atoms with Crippen molar-refractivity contribution in [2.75, 3.05) is 11.9 Å². The smallest absolute Gasteiger partial charge is 0.422 e. The maximum atomic E-state index is 12.0. The number of aryl methyl sites for hydroxylation is 1. The molecule has 7 heteroatoms. The Bertz CT molecular complexity index is 591. The average Bonchev–Trinajstić information content (AvgIpc) is 2.97. The fourth-order valence-corrected chi connectivity index (χ4v) is 1.71. The molecule has 4 nitrogen and oxygen atoms in total. The molecule has 1 aromatic carbocycles. The summed E-state index contributed by atoms with van der Waals surface area (Å²) in [7, 11) is 0. The number of furan rings is 1. The van der Waals surface area contributed by atoms with Crippen molar-refractivity contribution in [2.45, 2.75) is 19.0 Å². The number of alkyl halides is 3. The van der Waals surface area contributed by atoms with Crippen molar-refractivity contribution in [1.29, 1.82) is 0 Å². The minimum Gasteiger partial charge on any atom is -0.484 e. The Morgan fingerprint density at radius 1 is 1.18 bits per heavy atom. The normalized spacial score (nSPS) is 11.2. The van der Waals surface area contributed by atoms with Gasteiger partial charge >= 0.3 is 6.18 Å². The number of benzene rings is 1. The first-order chi connectivity index (χ1) is 10.4. The van der Waals surface area contributed by atoms with Gasteiger partial charge in [-0.2, -0.15) is 13.2 Å². The highest BCUT2D eigenvalue weighted by Gasteiger charge is 2.28. The van der Waals surface area contributed by atoms with Crippen molar-refractivity contribution in [3.05, 3.63) is 48.4 Å². The van der Waals surface area contributed by atoms with Gasteiger partial charge in [-0.3, -0.25) is 4.79 Å². The highest BCUT2D eigenvalue weighted by Crippen LogP contribution is 2.20. The molecule has 0 spiro atoms. The van der Waals surface area contributed by atoms with Gasteiger partial charge < -0.3 is 14.5 Å². The van der Waals surface area contributed by atoms with Gasteiger partial charge in [-0.15, -0.1) is 0 Å². The number of hydrogen-bond donors (Lipinski definition) is 1. The fourth-order valence-electron chi connectivity index (χ4n) is 1.71. The van der Waals surface area contributed by atoms with Crippen molar-refractivity contribution in [1.82, 2.24) is 0 Å². The number of hydrogen-bond acceptors (Lipinski definition) is 3. The summed E-state index contributed by atoms with van der Waals surface area (Å²) in [5, 5.41) is 2.65. The van der Waals surface area contributed by atoms with Gasteiger partial charge in [-0.1, -0.05) is 0 Å². The number of nitrogens with one attached hydrogen (secondary N) is 1. The minimum atomic E-state index is -4.38. The molecule has 1 heterocycles. The molecule has 0 aliphatic rings. The maximum absolute atomic E-state index is 12.0. The van der Waals surface area contributed by atoms with E-state index in [1.165, 1.54) is 30.5 Å². The van der Waals surface area contributed by atoms with E-state index in [2.05, 4.69) is 10.1 Å². The lowest BCUT2D eigenvalue weighted by atomic mass is 10.2. The quantitative estimate of drug-likeness (QED) is 0.882. The van der Waals surface area contributed by atoms with Crippen LogP contribution in [0.15, 0.2) is 47.1 Å². The second-order valence-electron chi connectivity index (χ2n) is 4.56. The van der Waals surface area contributed by atoms with Gasteiger partial charge in [-0.25, -0.2) is 0 Å². The summed E-state index contributed by atoms with van der Waals surface area (Å²) in [5.74, 6) is 0.595. The average molecular weight is 313 g/mol. The molecule has 0 aliphatic carbocycles. The van der Waals surface area contributed by atoms with E-state index in [1.807, 2.05) is 0 Å². The third kappa shape index (κ3) is 5.51. The van der Waals surface area contributed by atoms with Gasteiger partial charge in [0.2, 0.25) is 5.91 Å². The molecule has 0 saturated heterocycles. The van der Waals surface area contributed by atoms with Crippen LogP contribution < -0.4 is 10.1 Å². The summed E-state index contributed by atoms with van der Waals surface area (Å²) in [6.45, 7) is -1.35. The Balaban J connectivity index is 1.79. The number of halogens is 3. The molecule has 2 rings (SSSR count). The molecule has 0 saturated carbocycles. The zero-order chi connectivity index (χ0) is 16.0. The van der Waals surface area contributed by atoms with E-state index in [1.54, 1.807) is 12.1 Å². The second-order valence-corrected chi connectivity index (χ2v) is 4.56. The second kappa shape index (κ2) is 7.02. The predicted octanol–water partition coefficient (Wildman–Crippen LogP) is 3.79. The lowest BCUT2D eigenvalue weighted by molar-refractivity contribution is -0.153. The topological polar surface area (TPSA) is 51.5 Å². The third-order valence-corrected chi connectivity index (χ3v) is 2.72. The van der Waals surface area contributed by atoms with E-state index >= 15 is 0 Å². The summed E-state index contributed by atoms with van der Waals surface area (Å²) in [5.41, 5.74) is 0.490.